The number of nitrogens with one attached hydrogen (secondary N) is 1. The van der Waals surface area contributed by atoms with Crippen LogP contribution in [-0.2, 0) is 6.54 Å². The Balaban J connectivity index is 1.72. The first-order chi connectivity index (χ1) is 14.2. The fourth-order valence-electron chi connectivity index (χ4n) is 3.34. The number of rotatable bonds is 6. The van der Waals surface area contributed by atoms with Gasteiger partial charge >= 0.3 is 5.63 Å². The lowest BCUT2D eigenvalue weighted by Gasteiger charge is -2.14. The van der Waals surface area contributed by atoms with E-state index in [1.807, 2.05) is 61.5 Å². The number of benzene rings is 3. The molecule has 0 amide bonds. The molecule has 1 heterocycles. The molecule has 146 valence electrons. The second-order valence-electron chi connectivity index (χ2n) is 6.60. The van der Waals surface area contributed by atoms with Gasteiger partial charge < -0.3 is 19.6 Å². The van der Waals surface area contributed by atoms with Crippen molar-refractivity contribution in [3.8, 4) is 22.6 Å². The van der Waals surface area contributed by atoms with Gasteiger partial charge in [0.05, 0.1) is 12.3 Å². The van der Waals surface area contributed by atoms with Crippen LogP contribution in [0, 0.1) is 0 Å². The molecule has 5 heteroatoms. The third-order valence-electron chi connectivity index (χ3n) is 4.69. The average molecular weight is 387 g/mol. The molecule has 0 saturated carbocycles. The molecule has 0 aliphatic rings. The number of fused-ring (bicyclic) bond motifs is 1. The van der Waals surface area contributed by atoms with E-state index in [2.05, 4.69) is 5.32 Å². The Labute approximate surface area is 168 Å². The molecular formula is C24H21NO4. The highest BCUT2D eigenvalue weighted by Crippen LogP contribution is 2.34. The summed E-state index contributed by atoms with van der Waals surface area (Å²) < 4.78 is 11.1. The Hall–Kier alpha value is -3.73. The Morgan fingerprint density at radius 3 is 2.55 bits per heavy atom. The van der Waals surface area contributed by atoms with Crippen LogP contribution < -0.4 is 15.7 Å². The van der Waals surface area contributed by atoms with Crippen molar-refractivity contribution in [2.75, 3.05) is 11.9 Å². The third kappa shape index (κ3) is 3.94. The fourth-order valence-corrected chi connectivity index (χ4v) is 3.34. The first kappa shape index (κ1) is 18.6. The summed E-state index contributed by atoms with van der Waals surface area (Å²) in [5.41, 5.74) is 3.04. The minimum Gasteiger partial charge on any atom is -0.507 e. The van der Waals surface area contributed by atoms with E-state index in [9.17, 15) is 9.90 Å². The zero-order valence-corrected chi connectivity index (χ0v) is 16.0. The van der Waals surface area contributed by atoms with Gasteiger partial charge in [-0.05, 0) is 42.3 Å². The predicted octanol–water partition coefficient (Wildman–Crippen LogP) is 5.18. The lowest BCUT2D eigenvalue weighted by Crippen LogP contribution is -2.07. The maximum atomic E-state index is 12.1. The zero-order valence-electron chi connectivity index (χ0n) is 16.0. The molecule has 0 aliphatic carbocycles. The highest BCUT2D eigenvalue weighted by Gasteiger charge is 2.12. The van der Waals surface area contributed by atoms with Crippen LogP contribution in [-0.4, -0.2) is 11.7 Å². The predicted molar refractivity (Wildman–Crippen MR) is 115 cm³/mol. The van der Waals surface area contributed by atoms with Crippen LogP contribution in [0.4, 0.5) is 5.69 Å². The maximum absolute atomic E-state index is 12.1. The van der Waals surface area contributed by atoms with Gasteiger partial charge in [-0.2, -0.15) is 0 Å². The SMILES string of the molecule is CCOc1ccccc1NCc1cc(=O)oc2cc(-c3ccccc3)c(O)cc12. The van der Waals surface area contributed by atoms with Crippen molar-refractivity contribution in [2.24, 2.45) is 0 Å². The molecule has 4 aromatic rings. The molecule has 3 aromatic carbocycles. The van der Waals surface area contributed by atoms with Crippen LogP contribution in [0.15, 0.2) is 82.0 Å². The molecule has 0 unspecified atom stereocenters. The van der Waals surface area contributed by atoms with Crippen LogP contribution in [0.2, 0.25) is 0 Å². The van der Waals surface area contributed by atoms with E-state index < -0.39 is 5.63 Å². The summed E-state index contributed by atoms with van der Waals surface area (Å²) >= 11 is 0. The van der Waals surface area contributed by atoms with E-state index in [0.717, 1.165) is 22.6 Å². The van der Waals surface area contributed by atoms with Crippen LogP contribution in [0.5, 0.6) is 11.5 Å². The van der Waals surface area contributed by atoms with Crippen LogP contribution in [0.3, 0.4) is 0 Å². The van der Waals surface area contributed by atoms with Gasteiger partial charge in [-0.3, -0.25) is 0 Å². The van der Waals surface area contributed by atoms with Crippen molar-refractivity contribution >= 4 is 16.7 Å². The highest BCUT2D eigenvalue weighted by molar-refractivity contribution is 5.89. The Morgan fingerprint density at radius 2 is 1.76 bits per heavy atom. The quantitative estimate of drug-likeness (QED) is 0.446. The van der Waals surface area contributed by atoms with Gasteiger partial charge in [-0.1, -0.05) is 42.5 Å². The molecule has 5 nitrogen and oxygen atoms in total. The van der Waals surface area contributed by atoms with E-state index in [0.29, 0.717) is 29.7 Å². The van der Waals surface area contributed by atoms with Gasteiger partial charge in [0.15, 0.2) is 0 Å². The molecule has 2 N–H and O–H groups in total. The first-order valence-electron chi connectivity index (χ1n) is 9.46. The number of hydrogen-bond donors (Lipinski definition) is 2. The summed E-state index contributed by atoms with van der Waals surface area (Å²) in [4.78, 5) is 12.1. The number of phenolic OH excluding ortho intramolecular Hbond substituents is 1. The third-order valence-corrected chi connectivity index (χ3v) is 4.69. The number of para-hydroxylation sites is 2. The summed E-state index contributed by atoms with van der Waals surface area (Å²) in [6.45, 7) is 2.88. The molecule has 0 bridgehead atoms. The number of phenols is 1. The molecule has 0 radical (unpaired) electrons. The van der Waals surface area contributed by atoms with Crippen molar-refractivity contribution < 1.29 is 14.3 Å². The average Bonchev–Trinajstić information content (AvgIpc) is 2.74. The van der Waals surface area contributed by atoms with Crippen LogP contribution >= 0.6 is 0 Å². The summed E-state index contributed by atoms with van der Waals surface area (Å²) in [6, 6.07) is 21.9. The minimum atomic E-state index is -0.433. The Morgan fingerprint density at radius 1 is 1.00 bits per heavy atom. The van der Waals surface area contributed by atoms with Crippen molar-refractivity contribution in [3.63, 3.8) is 0 Å². The molecule has 0 fully saturated rings. The van der Waals surface area contributed by atoms with Gasteiger partial charge in [-0.15, -0.1) is 0 Å². The van der Waals surface area contributed by atoms with E-state index in [1.165, 1.54) is 6.07 Å². The molecular weight excluding hydrogens is 366 g/mol. The minimum absolute atomic E-state index is 0.133. The lowest BCUT2D eigenvalue weighted by molar-refractivity contribution is 0.341. The first-order valence-corrected chi connectivity index (χ1v) is 9.46. The molecule has 4 rings (SSSR count). The number of hydrogen-bond acceptors (Lipinski definition) is 5. The smallest absolute Gasteiger partial charge is 0.336 e. The number of ether oxygens (including phenoxy) is 1. The van der Waals surface area contributed by atoms with Crippen molar-refractivity contribution in [1.29, 1.82) is 0 Å². The van der Waals surface area contributed by atoms with Crippen LogP contribution in [0.25, 0.3) is 22.1 Å². The second-order valence-corrected chi connectivity index (χ2v) is 6.60. The van der Waals surface area contributed by atoms with Gasteiger partial charge in [0.1, 0.15) is 17.1 Å². The summed E-state index contributed by atoms with van der Waals surface area (Å²) in [7, 11) is 0. The zero-order chi connectivity index (χ0) is 20.2. The lowest BCUT2D eigenvalue weighted by atomic mass is 10.0. The molecule has 0 saturated heterocycles. The van der Waals surface area contributed by atoms with Gasteiger partial charge in [0.25, 0.3) is 0 Å². The van der Waals surface area contributed by atoms with Gasteiger partial charge in [-0.25, -0.2) is 4.79 Å². The number of anilines is 1. The Bertz CT molecular complexity index is 1200. The van der Waals surface area contributed by atoms with E-state index in [1.54, 1.807) is 12.1 Å². The van der Waals surface area contributed by atoms with Crippen molar-refractivity contribution in [2.45, 2.75) is 13.5 Å². The highest BCUT2D eigenvalue weighted by atomic mass is 16.5. The van der Waals surface area contributed by atoms with E-state index in [-0.39, 0.29) is 5.75 Å². The standard InChI is InChI=1S/C24H21NO4/c1-2-28-22-11-7-6-10-20(22)25-15-17-12-24(27)29-23-14-18(21(26)13-19(17)23)16-8-4-3-5-9-16/h3-14,25-26H,2,15H2,1H3. The van der Waals surface area contributed by atoms with E-state index in [4.69, 9.17) is 9.15 Å². The largest absolute Gasteiger partial charge is 0.507 e. The fraction of sp³-hybridized carbons (Fsp3) is 0.125. The van der Waals surface area contributed by atoms with Crippen molar-refractivity contribution in [3.05, 3.63) is 88.8 Å². The molecule has 0 spiro atoms. The normalized spacial score (nSPS) is 10.8. The molecule has 0 aliphatic heterocycles. The van der Waals surface area contributed by atoms with E-state index >= 15 is 0 Å². The maximum Gasteiger partial charge on any atom is 0.336 e. The summed E-state index contributed by atoms with van der Waals surface area (Å²) in [6.07, 6.45) is 0. The van der Waals surface area contributed by atoms with Crippen LogP contribution in [0.1, 0.15) is 12.5 Å². The molecule has 29 heavy (non-hydrogen) atoms. The monoisotopic (exact) mass is 387 g/mol. The van der Waals surface area contributed by atoms with Gasteiger partial charge in [0, 0.05) is 23.6 Å². The summed E-state index contributed by atoms with van der Waals surface area (Å²) in [5, 5.41) is 14.6. The van der Waals surface area contributed by atoms with Crippen molar-refractivity contribution in [1.82, 2.24) is 0 Å². The Kier molecular flexibility index (Phi) is 5.20. The number of aromatic hydroxyl groups is 1. The molecule has 0 atom stereocenters. The topological polar surface area (TPSA) is 71.7 Å². The summed E-state index contributed by atoms with van der Waals surface area (Å²) in [5.74, 6) is 0.880. The molecule has 1 aromatic heterocycles. The second kappa shape index (κ2) is 8.10. The van der Waals surface area contributed by atoms with Gasteiger partial charge in [0.2, 0.25) is 0 Å².